The van der Waals surface area contributed by atoms with Crippen LogP contribution in [0.2, 0.25) is 0 Å². The van der Waals surface area contributed by atoms with E-state index in [0.717, 1.165) is 16.6 Å². The summed E-state index contributed by atoms with van der Waals surface area (Å²) in [5.41, 5.74) is 5.79. The molecule has 0 radical (unpaired) electrons. The van der Waals surface area contributed by atoms with Crippen molar-refractivity contribution >= 4 is 27.5 Å². The van der Waals surface area contributed by atoms with Crippen LogP contribution in [0.3, 0.4) is 0 Å². The molecule has 2 rings (SSSR count). The standard InChI is InChI=1S/C13H17BrN2O2/c14-10-3-1-4-11(9-10)16-13(12(15)17)5-2-7-18-8-6-13/h1,3-4,9,16H,2,5-8H2,(H2,15,17). The molecule has 1 fully saturated rings. The third-order valence-corrected chi connectivity index (χ3v) is 3.74. The topological polar surface area (TPSA) is 64.4 Å². The summed E-state index contributed by atoms with van der Waals surface area (Å²) in [6.45, 7) is 1.25. The van der Waals surface area contributed by atoms with Gasteiger partial charge in [-0.1, -0.05) is 22.0 Å². The number of nitrogens with two attached hydrogens (primary N) is 1. The van der Waals surface area contributed by atoms with Gasteiger partial charge in [0, 0.05) is 29.8 Å². The highest BCUT2D eigenvalue weighted by Crippen LogP contribution is 2.27. The van der Waals surface area contributed by atoms with Gasteiger partial charge in [-0.25, -0.2) is 0 Å². The van der Waals surface area contributed by atoms with Crippen molar-refractivity contribution in [2.75, 3.05) is 18.5 Å². The second-order valence-corrected chi connectivity index (χ2v) is 5.46. The molecule has 0 aliphatic carbocycles. The summed E-state index contributed by atoms with van der Waals surface area (Å²) < 4.78 is 6.37. The Morgan fingerprint density at radius 3 is 2.94 bits per heavy atom. The molecule has 1 amide bonds. The lowest BCUT2D eigenvalue weighted by Crippen LogP contribution is -2.50. The lowest BCUT2D eigenvalue weighted by Gasteiger charge is -2.31. The van der Waals surface area contributed by atoms with E-state index in [1.54, 1.807) is 0 Å². The van der Waals surface area contributed by atoms with Gasteiger partial charge in [0.15, 0.2) is 0 Å². The van der Waals surface area contributed by atoms with Crippen molar-refractivity contribution < 1.29 is 9.53 Å². The van der Waals surface area contributed by atoms with Gasteiger partial charge >= 0.3 is 0 Å². The Balaban J connectivity index is 2.22. The Kier molecular flexibility index (Phi) is 4.24. The first kappa shape index (κ1) is 13.4. The minimum atomic E-state index is -0.697. The lowest BCUT2D eigenvalue weighted by atomic mass is 9.89. The van der Waals surface area contributed by atoms with Crippen molar-refractivity contribution in [3.63, 3.8) is 0 Å². The summed E-state index contributed by atoms with van der Waals surface area (Å²) in [5, 5.41) is 3.29. The van der Waals surface area contributed by atoms with E-state index in [1.165, 1.54) is 0 Å². The molecule has 1 aliphatic heterocycles. The number of hydrogen-bond acceptors (Lipinski definition) is 3. The van der Waals surface area contributed by atoms with Gasteiger partial charge < -0.3 is 15.8 Å². The van der Waals surface area contributed by atoms with Crippen molar-refractivity contribution in [1.82, 2.24) is 0 Å². The minimum Gasteiger partial charge on any atom is -0.381 e. The average molecular weight is 313 g/mol. The second-order valence-electron chi connectivity index (χ2n) is 4.55. The number of nitrogens with one attached hydrogen (secondary N) is 1. The fraction of sp³-hybridized carbons (Fsp3) is 0.462. The third kappa shape index (κ3) is 3.03. The van der Waals surface area contributed by atoms with Gasteiger partial charge in [0.2, 0.25) is 5.91 Å². The molecule has 1 atom stereocenters. The zero-order valence-corrected chi connectivity index (χ0v) is 11.7. The van der Waals surface area contributed by atoms with E-state index in [2.05, 4.69) is 21.2 Å². The second kappa shape index (κ2) is 5.71. The highest BCUT2D eigenvalue weighted by molar-refractivity contribution is 9.10. The smallest absolute Gasteiger partial charge is 0.243 e. The molecule has 0 saturated carbocycles. The van der Waals surface area contributed by atoms with Crippen LogP contribution in [0.1, 0.15) is 19.3 Å². The van der Waals surface area contributed by atoms with Gasteiger partial charge in [0.1, 0.15) is 5.54 Å². The van der Waals surface area contributed by atoms with Crippen LogP contribution in [0.5, 0.6) is 0 Å². The van der Waals surface area contributed by atoms with Crippen molar-refractivity contribution in [1.29, 1.82) is 0 Å². The molecule has 5 heteroatoms. The maximum Gasteiger partial charge on any atom is 0.243 e. The van der Waals surface area contributed by atoms with E-state index >= 15 is 0 Å². The van der Waals surface area contributed by atoms with Crippen LogP contribution in [0.4, 0.5) is 5.69 Å². The van der Waals surface area contributed by atoms with Gasteiger partial charge in [0.05, 0.1) is 0 Å². The summed E-state index contributed by atoms with van der Waals surface area (Å²) in [6, 6.07) is 7.74. The predicted molar refractivity (Wildman–Crippen MR) is 74.4 cm³/mol. The number of hydrogen-bond donors (Lipinski definition) is 2. The Hall–Kier alpha value is -1.07. The van der Waals surface area contributed by atoms with Crippen LogP contribution < -0.4 is 11.1 Å². The number of anilines is 1. The molecular weight excluding hydrogens is 296 g/mol. The number of amides is 1. The Bertz CT molecular complexity index is 429. The lowest BCUT2D eigenvalue weighted by molar-refractivity contribution is -0.122. The van der Waals surface area contributed by atoms with Crippen LogP contribution in [0.15, 0.2) is 28.7 Å². The molecule has 98 valence electrons. The molecule has 0 aromatic heterocycles. The zero-order chi connectivity index (χ0) is 13.0. The minimum absolute atomic E-state index is 0.312. The van der Waals surface area contributed by atoms with E-state index in [9.17, 15) is 4.79 Å². The van der Waals surface area contributed by atoms with Crippen molar-refractivity contribution in [2.45, 2.75) is 24.8 Å². The summed E-state index contributed by atoms with van der Waals surface area (Å²) in [7, 11) is 0. The molecule has 1 saturated heterocycles. The highest BCUT2D eigenvalue weighted by atomic mass is 79.9. The Morgan fingerprint density at radius 1 is 1.39 bits per heavy atom. The van der Waals surface area contributed by atoms with Gasteiger partial charge in [0.25, 0.3) is 0 Å². The number of rotatable bonds is 3. The number of ether oxygens (including phenoxy) is 1. The predicted octanol–water partition coefficient (Wildman–Crippen LogP) is 2.29. The highest BCUT2D eigenvalue weighted by Gasteiger charge is 2.37. The number of primary amides is 1. The first-order valence-corrected chi connectivity index (χ1v) is 6.83. The summed E-state index contributed by atoms with van der Waals surface area (Å²) >= 11 is 3.42. The molecule has 0 spiro atoms. The summed E-state index contributed by atoms with van der Waals surface area (Å²) in [4.78, 5) is 11.8. The third-order valence-electron chi connectivity index (χ3n) is 3.25. The summed E-state index contributed by atoms with van der Waals surface area (Å²) in [5.74, 6) is -0.312. The fourth-order valence-electron chi connectivity index (χ4n) is 2.22. The molecule has 1 aliphatic rings. The van der Waals surface area contributed by atoms with E-state index in [4.69, 9.17) is 10.5 Å². The van der Waals surface area contributed by atoms with Gasteiger partial charge in [-0.15, -0.1) is 0 Å². The molecule has 1 unspecified atom stereocenters. The van der Waals surface area contributed by atoms with Crippen LogP contribution in [0, 0.1) is 0 Å². The average Bonchev–Trinajstić information content (AvgIpc) is 2.55. The maximum atomic E-state index is 11.8. The summed E-state index contributed by atoms with van der Waals surface area (Å²) in [6.07, 6.45) is 2.15. The first-order chi connectivity index (χ1) is 8.62. The molecule has 1 aromatic rings. The van der Waals surface area contributed by atoms with Crippen molar-refractivity contribution in [3.8, 4) is 0 Å². The van der Waals surface area contributed by atoms with E-state index in [1.807, 2.05) is 24.3 Å². The number of benzene rings is 1. The van der Waals surface area contributed by atoms with Crippen LogP contribution >= 0.6 is 15.9 Å². The SMILES string of the molecule is NC(=O)C1(Nc2cccc(Br)c2)CCCOCC1. The Labute approximate surface area is 115 Å². The number of carbonyl (C=O) groups excluding carboxylic acids is 1. The molecule has 4 nitrogen and oxygen atoms in total. The number of carbonyl (C=O) groups is 1. The Morgan fingerprint density at radius 2 is 2.22 bits per heavy atom. The van der Waals surface area contributed by atoms with Crippen molar-refractivity contribution in [3.05, 3.63) is 28.7 Å². The molecule has 0 bridgehead atoms. The van der Waals surface area contributed by atoms with E-state index in [-0.39, 0.29) is 5.91 Å². The van der Waals surface area contributed by atoms with Gasteiger partial charge in [-0.3, -0.25) is 4.79 Å². The molecular formula is C13H17BrN2O2. The maximum absolute atomic E-state index is 11.8. The van der Waals surface area contributed by atoms with Crippen LogP contribution in [0.25, 0.3) is 0 Å². The molecule has 3 N–H and O–H groups in total. The van der Waals surface area contributed by atoms with E-state index in [0.29, 0.717) is 26.1 Å². The number of halogens is 1. The normalized spacial score (nSPS) is 24.3. The van der Waals surface area contributed by atoms with Crippen LogP contribution in [-0.2, 0) is 9.53 Å². The quantitative estimate of drug-likeness (QED) is 0.900. The molecule has 18 heavy (non-hydrogen) atoms. The largest absolute Gasteiger partial charge is 0.381 e. The molecule has 1 heterocycles. The van der Waals surface area contributed by atoms with Gasteiger partial charge in [-0.05, 0) is 31.0 Å². The monoisotopic (exact) mass is 312 g/mol. The fourth-order valence-corrected chi connectivity index (χ4v) is 2.62. The van der Waals surface area contributed by atoms with Gasteiger partial charge in [-0.2, -0.15) is 0 Å². The van der Waals surface area contributed by atoms with Crippen LogP contribution in [-0.4, -0.2) is 24.7 Å². The zero-order valence-electron chi connectivity index (χ0n) is 10.1. The van der Waals surface area contributed by atoms with E-state index < -0.39 is 5.54 Å². The van der Waals surface area contributed by atoms with Crippen molar-refractivity contribution in [2.24, 2.45) is 5.73 Å². The molecule has 1 aromatic carbocycles. The first-order valence-electron chi connectivity index (χ1n) is 6.04.